The van der Waals surface area contributed by atoms with E-state index in [1.54, 1.807) is 11.8 Å². The van der Waals surface area contributed by atoms with Gasteiger partial charge in [-0.25, -0.2) is 0 Å². The van der Waals surface area contributed by atoms with Crippen LogP contribution in [0.5, 0.6) is 0 Å². The lowest BCUT2D eigenvalue weighted by molar-refractivity contribution is -0.121. The highest BCUT2D eigenvalue weighted by molar-refractivity contribution is 7.99. The van der Waals surface area contributed by atoms with E-state index < -0.39 is 0 Å². The van der Waals surface area contributed by atoms with Crippen LogP contribution in [0.2, 0.25) is 0 Å². The van der Waals surface area contributed by atoms with Crippen LogP contribution in [-0.4, -0.2) is 18.2 Å². The molecule has 1 rings (SSSR count). The van der Waals surface area contributed by atoms with Crippen LogP contribution in [0.1, 0.15) is 39.0 Å². The molecule has 1 aromatic rings. The summed E-state index contributed by atoms with van der Waals surface area (Å²) in [5, 5.41) is 2.97. The predicted octanol–water partition coefficient (Wildman–Crippen LogP) is 3.87. The summed E-state index contributed by atoms with van der Waals surface area (Å²) in [6.45, 7) is 2.94. The first-order chi connectivity index (χ1) is 8.83. The molecule has 100 valence electrons. The lowest BCUT2D eigenvalue weighted by Crippen LogP contribution is -2.25. The molecular formula is C15H23NOS. The Balaban J connectivity index is 1.99. The molecule has 0 unspecified atom stereocenters. The molecule has 0 saturated heterocycles. The Labute approximate surface area is 115 Å². The minimum Gasteiger partial charge on any atom is -0.355 e. The summed E-state index contributed by atoms with van der Waals surface area (Å²) in [7, 11) is 0. The van der Waals surface area contributed by atoms with Crippen molar-refractivity contribution in [2.45, 2.75) is 43.9 Å². The Bertz CT molecular complexity index is 327. The molecule has 1 aromatic carbocycles. The zero-order valence-corrected chi connectivity index (χ0v) is 12.0. The predicted molar refractivity (Wildman–Crippen MR) is 78.9 cm³/mol. The largest absolute Gasteiger partial charge is 0.355 e. The molecule has 0 aliphatic heterocycles. The third kappa shape index (κ3) is 7.38. The van der Waals surface area contributed by atoms with Crippen molar-refractivity contribution < 1.29 is 4.79 Å². The van der Waals surface area contributed by atoms with Crippen LogP contribution in [0.4, 0.5) is 0 Å². The first kappa shape index (κ1) is 15.1. The number of carbonyl (C=O) groups is 1. The maximum absolute atomic E-state index is 11.5. The van der Waals surface area contributed by atoms with Crippen LogP contribution in [-0.2, 0) is 4.79 Å². The second-order valence-electron chi connectivity index (χ2n) is 4.32. The fraction of sp³-hybridized carbons (Fsp3) is 0.533. The number of hydrogen-bond acceptors (Lipinski definition) is 2. The molecule has 0 atom stereocenters. The number of thioether (sulfide) groups is 1. The molecule has 0 aliphatic carbocycles. The van der Waals surface area contributed by atoms with E-state index in [0.29, 0.717) is 6.42 Å². The number of benzene rings is 1. The number of unbranched alkanes of at least 4 members (excludes halogenated alkanes) is 3. The second-order valence-corrected chi connectivity index (χ2v) is 5.49. The van der Waals surface area contributed by atoms with Crippen molar-refractivity contribution in [2.24, 2.45) is 0 Å². The lowest BCUT2D eigenvalue weighted by atomic mass is 10.1. The summed E-state index contributed by atoms with van der Waals surface area (Å²) in [5.74, 6) is 1.13. The summed E-state index contributed by atoms with van der Waals surface area (Å²) in [4.78, 5) is 12.8. The first-order valence-corrected chi connectivity index (χ1v) is 7.76. The van der Waals surface area contributed by atoms with Gasteiger partial charge < -0.3 is 5.32 Å². The minimum absolute atomic E-state index is 0.194. The third-order valence-corrected chi connectivity index (χ3v) is 3.71. The van der Waals surface area contributed by atoms with Crippen molar-refractivity contribution in [1.29, 1.82) is 0 Å². The summed E-state index contributed by atoms with van der Waals surface area (Å²) in [5.41, 5.74) is 0. The van der Waals surface area contributed by atoms with Crippen LogP contribution in [0, 0.1) is 0 Å². The minimum atomic E-state index is 0.194. The van der Waals surface area contributed by atoms with Crippen LogP contribution < -0.4 is 5.32 Å². The highest BCUT2D eigenvalue weighted by atomic mass is 32.2. The molecule has 0 saturated carbocycles. The van der Waals surface area contributed by atoms with Crippen LogP contribution >= 0.6 is 11.8 Å². The van der Waals surface area contributed by atoms with Crippen molar-refractivity contribution >= 4 is 17.7 Å². The molecule has 0 fully saturated rings. The van der Waals surface area contributed by atoms with E-state index in [4.69, 9.17) is 0 Å². The number of amides is 1. The first-order valence-electron chi connectivity index (χ1n) is 6.77. The quantitative estimate of drug-likeness (QED) is 0.542. The van der Waals surface area contributed by atoms with Gasteiger partial charge in [-0.1, -0.05) is 44.4 Å². The van der Waals surface area contributed by atoms with Crippen LogP contribution in [0.15, 0.2) is 35.2 Å². The topological polar surface area (TPSA) is 29.1 Å². The van der Waals surface area contributed by atoms with Crippen molar-refractivity contribution in [3.05, 3.63) is 30.3 Å². The lowest BCUT2D eigenvalue weighted by Gasteiger charge is -2.05. The molecule has 1 amide bonds. The Morgan fingerprint density at radius 3 is 2.67 bits per heavy atom. The summed E-state index contributed by atoms with van der Waals surface area (Å²) >= 11 is 1.78. The van der Waals surface area contributed by atoms with Gasteiger partial charge in [0.15, 0.2) is 0 Å². The van der Waals surface area contributed by atoms with Crippen LogP contribution in [0.25, 0.3) is 0 Å². The molecule has 1 N–H and O–H groups in total. The maximum atomic E-state index is 11.5. The SMILES string of the molecule is CCCCCCC(=O)NCCSc1ccccc1. The average molecular weight is 265 g/mol. The van der Waals surface area contributed by atoms with Crippen LogP contribution in [0.3, 0.4) is 0 Å². The Morgan fingerprint density at radius 1 is 1.17 bits per heavy atom. The van der Waals surface area contributed by atoms with E-state index in [1.807, 2.05) is 18.2 Å². The van der Waals surface area contributed by atoms with Gasteiger partial charge in [0.2, 0.25) is 5.91 Å². The second kappa shape index (κ2) is 10.0. The van der Waals surface area contributed by atoms with Gasteiger partial charge in [-0.05, 0) is 18.6 Å². The Hall–Kier alpha value is -0.960. The van der Waals surface area contributed by atoms with Gasteiger partial charge >= 0.3 is 0 Å². The standard InChI is InChI=1S/C15H23NOS/c1-2-3-4-8-11-15(17)16-12-13-18-14-9-6-5-7-10-14/h5-7,9-10H,2-4,8,11-13H2,1H3,(H,16,17). The van der Waals surface area contributed by atoms with Gasteiger partial charge in [0.1, 0.15) is 0 Å². The van der Waals surface area contributed by atoms with Gasteiger partial charge in [0.05, 0.1) is 0 Å². The van der Waals surface area contributed by atoms with Gasteiger partial charge in [0.25, 0.3) is 0 Å². The molecular weight excluding hydrogens is 242 g/mol. The van der Waals surface area contributed by atoms with Gasteiger partial charge in [0, 0.05) is 23.6 Å². The molecule has 0 spiro atoms. The monoisotopic (exact) mass is 265 g/mol. The Kier molecular flexibility index (Phi) is 8.40. The van der Waals surface area contributed by atoms with Crippen molar-refractivity contribution in [2.75, 3.05) is 12.3 Å². The molecule has 0 aliphatic rings. The third-order valence-electron chi connectivity index (χ3n) is 2.69. The Morgan fingerprint density at radius 2 is 1.94 bits per heavy atom. The van der Waals surface area contributed by atoms with Gasteiger partial charge in [-0.3, -0.25) is 4.79 Å². The van der Waals surface area contributed by atoms with E-state index in [9.17, 15) is 4.79 Å². The number of carbonyl (C=O) groups excluding carboxylic acids is 1. The van der Waals surface area contributed by atoms with Gasteiger partial charge in [-0.15, -0.1) is 11.8 Å². The maximum Gasteiger partial charge on any atom is 0.220 e. The number of nitrogens with one attached hydrogen (secondary N) is 1. The van der Waals surface area contributed by atoms with Gasteiger partial charge in [-0.2, -0.15) is 0 Å². The van der Waals surface area contributed by atoms with E-state index in [1.165, 1.54) is 24.2 Å². The van der Waals surface area contributed by atoms with E-state index in [-0.39, 0.29) is 5.91 Å². The normalized spacial score (nSPS) is 10.3. The zero-order valence-electron chi connectivity index (χ0n) is 11.2. The number of hydrogen-bond donors (Lipinski definition) is 1. The average Bonchev–Trinajstić information content (AvgIpc) is 2.41. The van der Waals surface area contributed by atoms with Crippen molar-refractivity contribution in [3.8, 4) is 0 Å². The van der Waals surface area contributed by atoms with Crippen molar-refractivity contribution in [1.82, 2.24) is 5.32 Å². The molecule has 0 bridgehead atoms. The smallest absolute Gasteiger partial charge is 0.220 e. The zero-order chi connectivity index (χ0) is 13.1. The fourth-order valence-corrected chi connectivity index (χ4v) is 2.47. The molecule has 0 heterocycles. The summed E-state index contributed by atoms with van der Waals surface area (Å²) in [6.07, 6.45) is 5.32. The fourth-order valence-electron chi connectivity index (χ4n) is 1.68. The van der Waals surface area contributed by atoms with E-state index >= 15 is 0 Å². The highest BCUT2D eigenvalue weighted by Gasteiger charge is 2.00. The molecule has 2 nitrogen and oxygen atoms in total. The van der Waals surface area contributed by atoms with E-state index in [2.05, 4.69) is 24.4 Å². The molecule has 3 heteroatoms. The van der Waals surface area contributed by atoms with E-state index in [0.717, 1.165) is 18.7 Å². The highest BCUT2D eigenvalue weighted by Crippen LogP contribution is 2.15. The molecule has 0 radical (unpaired) electrons. The summed E-state index contributed by atoms with van der Waals surface area (Å²) in [6, 6.07) is 10.3. The summed E-state index contributed by atoms with van der Waals surface area (Å²) < 4.78 is 0. The molecule has 0 aromatic heterocycles. The van der Waals surface area contributed by atoms with Crippen molar-refractivity contribution in [3.63, 3.8) is 0 Å². The molecule has 18 heavy (non-hydrogen) atoms. The number of rotatable bonds is 9.